The average Bonchev–Trinajstić information content (AvgIpc) is 2.77. The molecule has 1 aliphatic heterocycles. The summed E-state index contributed by atoms with van der Waals surface area (Å²) in [6.07, 6.45) is 1.03. The Kier molecular flexibility index (Phi) is 6.26. The van der Waals surface area contributed by atoms with Crippen LogP contribution in [-0.2, 0) is 25.6 Å². The summed E-state index contributed by atoms with van der Waals surface area (Å²) >= 11 is 0. The van der Waals surface area contributed by atoms with Crippen LogP contribution in [0.5, 0.6) is 0 Å². The van der Waals surface area contributed by atoms with Gasteiger partial charge in [0, 0.05) is 25.0 Å². The van der Waals surface area contributed by atoms with E-state index in [0.717, 1.165) is 0 Å². The number of piperidine rings is 1. The zero-order valence-electron chi connectivity index (χ0n) is 16.4. The van der Waals surface area contributed by atoms with Gasteiger partial charge in [-0.05, 0) is 25.8 Å². The number of carbonyl (C=O) groups is 3. The molecule has 0 radical (unpaired) electrons. The fraction of sp³-hybridized carbons (Fsp3) is 0.450. The van der Waals surface area contributed by atoms with Gasteiger partial charge in [-0.3, -0.25) is 14.4 Å². The molecule has 0 unspecified atom stereocenters. The molecule has 1 aliphatic rings. The summed E-state index contributed by atoms with van der Waals surface area (Å²) in [6.45, 7) is 2.43. The van der Waals surface area contributed by atoms with Gasteiger partial charge in [0.1, 0.15) is 0 Å². The number of aryl methyl sites for hydroxylation is 1. The van der Waals surface area contributed by atoms with Crippen molar-refractivity contribution in [3.05, 3.63) is 40.3 Å². The van der Waals surface area contributed by atoms with E-state index < -0.39 is 12.6 Å². The lowest BCUT2D eigenvalue weighted by molar-refractivity contribution is -0.149. The average molecular weight is 401 g/mol. The molecule has 1 aromatic heterocycles. The summed E-state index contributed by atoms with van der Waals surface area (Å²) in [7, 11) is 1.35. The maximum absolute atomic E-state index is 12.6. The molecular weight excluding hydrogens is 378 g/mol. The largest absolute Gasteiger partial charge is 0.469 e. The van der Waals surface area contributed by atoms with Gasteiger partial charge in [0.15, 0.2) is 12.3 Å². The van der Waals surface area contributed by atoms with Crippen LogP contribution in [0.2, 0.25) is 0 Å². The third-order valence-corrected chi connectivity index (χ3v) is 5.07. The fourth-order valence-corrected chi connectivity index (χ4v) is 3.42. The highest BCUT2D eigenvalue weighted by atomic mass is 16.5. The van der Waals surface area contributed by atoms with Gasteiger partial charge in [-0.1, -0.05) is 18.2 Å². The van der Waals surface area contributed by atoms with Gasteiger partial charge >= 0.3 is 11.9 Å². The molecule has 2 aromatic rings. The minimum Gasteiger partial charge on any atom is -0.469 e. The first kappa shape index (κ1) is 20.5. The van der Waals surface area contributed by atoms with Crippen LogP contribution in [-0.4, -0.2) is 59.3 Å². The van der Waals surface area contributed by atoms with Crippen LogP contribution >= 0.6 is 0 Å². The smallest absolute Gasteiger partial charge is 0.359 e. The quantitative estimate of drug-likeness (QED) is 0.688. The summed E-state index contributed by atoms with van der Waals surface area (Å²) in [5.41, 5.74) is -0.288. The van der Waals surface area contributed by atoms with Gasteiger partial charge in [-0.2, -0.15) is 5.10 Å². The predicted octanol–water partition coefficient (Wildman–Crippen LogP) is 0.985. The van der Waals surface area contributed by atoms with Crippen molar-refractivity contribution in [2.75, 3.05) is 26.8 Å². The minimum absolute atomic E-state index is 0.000695. The van der Waals surface area contributed by atoms with Crippen LogP contribution in [0.25, 0.3) is 10.8 Å². The molecule has 2 heterocycles. The Labute approximate surface area is 167 Å². The molecule has 0 spiro atoms. The lowest BCUT2D eigenvalue weighted by atomic mass is 9.97. The molecular formula is C20H23N3O6. The van der Waals surface area contributed by atoms with Crippen LogP contribution in [0.15, 0.2) is 29.1 Å². The van der Waals surface area contributed by atoms with E-state index in [1.165, 1.54) is 11.8 Å². The first-order valence-electron chi connectivity index (χ1n) is 9.48. The highest BCUT2D eigenvalue weighted by Gasteiger charge is 2.28. The number of amides is 1. The summed E-state index contributed by atoms with van der Waals surface area (Å²) in [6, 6.07) is 6.66. The first-order chi connectivity index (χ1) is 14.0. The Hall–Kier alpha value is -3.23. The number of likely N-dealkylation sites (tertiary alicyclic amines) is 1. The van der Waals surface area contributed by atoms with E-state index in [2.05, 4.69) is 5.10 Å². The molecule has 0 atom stereocenters. The molecule has 0 bridgehead atoms. The molecule has 3 rings (SSSR count). The minimum atomic E-state index is -0.763. The Balaban J connectivity index is 1.67. The molecule has 0 N–H and O–H groups in total. The van der Waals surface area contributed by atoms with Crippen LogP contribution in [0, 0.1) is 5.92 Å². The molecule has 154 valence electrons. The molecule has 29 heavy (non-hydrogen) atoms. The summed E-state index contributed by atoms with van der Waals surface area (Å²) in [5, 5.41) is 4.86. The molecule has 0 aliphatic carbocycles. The van der Waals surface area contributed by atoms with Crippen LogP contribution < -0.4 is 5.56 Å². The number of esters is 2. The standard InChI is InChI=1S/C20H23N3O6/c1-3-23-18(25)15-7-5-4-6-14(15)17(21-23)20(27)29-12-16(24)22-10-8-13(9-11-22)19(26)28-2/h4-7,13H,3,8-12H2,1-2H3. The number of rotatable bonds is 5. The summed E-state index contributed by atoms with van der Waals surface area (Å²) in [5.74, 6) is -1.58. The van der Waals surface area contributed by atoms with E-state index >= 15 is 0 Å². The van der Waals surface area contributed by atoms with E-state index in [9.17, 15) is 19.2 Å². The van der Waals surface area contributed by atoms with E-state index in [4.69, 9.17) is 9.47 Å². The second kappa shape index (κ2) is 8.85. The number of ether oxygens (including phenoxy) is 2. The number of nitrogens with zero attached hydrogens (tertiary/aromatic N) is 3. The molecule has 1 amide bonds. The SMILES string of the molecule is CCn1nc(C(=O)OCC(=O)N2CCC(C(=O)OC)CC2)c2ccccc2c1=O. The number of aromatic nitrogens is 2. The number of hydrogen-bond acceptors (Lipinski definition) is 7. The lowest BCUT2D eigenvalue weighted by Crippen LogP contribution is -2.42. The number of benzene rings is 1. The molecule has 1 fully saturated rings. The van der Waals surface area contributed by atoms with E-state index in [1.54, 1.807) is 36.1 Å². The van der Waals surface area contributed by atoms with Crippen LogP contribution in [0.4, 0.5) is 0 Å². The molecule has 9 nitrogen and oxygen atoms in total. The zero-order chi connectivity index (χ0) is 21.0. The van der Waals surface area contributed by atoms with Crippen molar-refractivity contribution < 1.29 is 23.9 Å². The fourth-order valence-electron chi connectivity index (χ4n) is 3.42. The van der Waals surface area contributed by atoms with Crippen molar-refractivity contribution >= 4 is 28.6 Å². The summed E-state index contributed by atoms with van der Waals surface area (Å²) in [4.78, 5) is 50.4. The van der Waals surface area contributed by atoms with Crippen LogP contribution in [0.3, 0.4) is 0 Å². The van der Waals surface area contributed by atoms with Crippen molar-refractivity contribution in [1.82, 2.24) is 14.7 Å². The maximum Gasteiger partial charge on any atom is 0.359 e. The molecule has 1 saturated heterocycles. The number of fused-ring (bicyclic) bond motifs is 1. The monoisotopic (exact) mass is 401 g/mol. The summed E-state index contributed by atoms with van der Waals surface area (Å²) < 4.78 is 11.1. The zero-order valence-corrected chi connectivity index (χ0v) is 16.4. The second-order valence-corrected chi connectivity index (χ2v) is 6.77. The normalized spacial score (nSPS) is 14.6. The number of carbonyl (C=O) groups excluding carboxylic acids is 3. The Morgan fingerprint density at radius 2 is 1.79 bits per heavy atom. The third-order valence-electron chi connectivity index (χ3n) is 5.07. The van der Waals surface area contributed by atoms with E-state index in [-0.39, 0.29) is 29.0 Å². The lowest BCUT2D eigenvalue weighted by Gasteiger charge is -2.30. The van der Waals surface area contributed by atoms with Crippen LogP contribution in [0.1, 0.15) is 30.3 Å². The van der Waals surface area contributed by atoms with Gasteiger partial charge in [0.2, 0.25) is 0 Å². The molecule has 0 saturated carbocycles. The number of methoxy groups -OCH3 is 1. The maximum atomic E-state index is 12.6. The highest BCUT2D eigenvalue weighted by Crippen LogP contribution is 2.19. The van der Waals surface area contributed by atoms with Crippen molar-refractivity contribution in [3.63, 3.8) is 0 Å². The topological polar surface area (TPSA) is 108 Å². The van der Waals surface area contributed by atoms with Gasteiger partial charge in [-0.25, -0.2) is 9.48 Å². The van der Waals surface area contributed by atoms with Crippen molar-refractivity contribution in [3.8, 4) is 0 Å². The number of hydrogen-bond donors (Lipinski definition) is 0. The highest BCUT2D eigenvalue weighted by molar-refractivity contribution is 6.02. The Morgan fingerprint density at radius 3 is 2.41 bits per heavy atom. The Morgan fingerprint density at radius 1 is 1.14 bits per heavy atom. The molecule has 1 aromatic carbocycles. The van der Waals surface area contributed by atoms with Gasteiger partial charge < -0.3 is 14.4 Å². The van der Waals surface area contributed by atoms with Crippen molar-refractivity contribution in [1.29, 1.82) is 0 Å². The predicted molar refractivity (Wildman–Crippen MR) is 103 cm³/mol. The van der Waals surface area contributed by atoms with E-state index in [0.29, 0.717) is 43.2 Å². The van der Waals surface area contributed by atoms with Gasteiger partial charge in [-0.15, -0.1) is 0 Å². The van der Waals surface area contributed by atoms with Crippen molar-refractivity contribution in [2.24, 2.45) is 5.92 Å². The van der Waals surface area contributed by atoms with E-state index in [1.807, 2.05) is 0 Å². The first-order valence-corrected chi connectivity index (χ1v) is 9.48. The van der Waals surface area contributed by atoms with Crippen molar-refractivity contribution in [2.45, 2.75) is 26.3 Å². The third kappa shape index (κ3) is 4.28. The second-order valence-electron chi connectivity index (χ2n) is 6.77. The van der Waals surface area contributed by atoms with Gasteiger partial charge in [0.05, 0.1) is 18.4 Å². The Bertz CT molecular complexity index is 991. The van der Waals surface area contributed by atoms with Gasteiger partial charge in [0.25, 0.3) is 11.5 Å². The molecule has 9 heteroatoms.